The summed E-state index contributed by atoms with van der Waals surface area (Å²) < 4.78 is 41.0. The molecule has 0 saturated carbocycles. The van der Waals surface area contributed by atoms with E-state index < -0.39 is 20.7 Å². The smallest absolute Gasteiger partial charge is 0.264 e. The van der Waals surface area contributed by atoms with E-state index in [0.29, 0.717) is 0 Å². The lowest BCUT2D eigenvalue weighted by Gasteiger charge is -2.11. The highest BCUT2D eigenvalue weighted by molar-refractivity contribution is 7.92. The zero-order valence-corrected chi connectivity index (χ0v) is 12.7. The van der Waals surface area contributed by atoms with E-state index >= 15 is 0 Å². The number of halogens is 2. The fourth-order valence-electron chi connectivity index (χ4n) is 1.78. The standard InChI is InChI=1S/C13H13ClFN3O2S/c1-8-2-11(7-17-6-8)18-21(19,20)12-4-10(14)3-9(5-16)13(12)15/h2-4,6-7,18H,5,16H2,1H3. The van der Waals surface area contributed by atoms with Gasteiger partial charge in [0, 0.05) is 23.3 Å². The average Bonchev–Trinajstić information content (AvgIpc) is 2.40. The van der Waals surface area contributed by atoms with Crippen molar-refractivity contribution in [2.75, 3.05) is 4.72 Å². The van der Waals surface area contributed by atoms with Crippen molar-refractivity contribution in [2.24, 2.45) is 5.73 Å². The SMILES string of the molecule is Cc1cncc(NS(=O)(=O)c2cc(Cl)cc(CN)c2F)c1. The number of nitrogens with one attached hydrogen (secondary N) is 1. The molecule has 5 nitrogen and oxygen atoms in total. The lowest BCUT2D eigenvalue weighted by Crippen LogP contribution is -2.16. The second kappa shape index (κ2) is 5.97. The molecular formula is C13H13ClFN3O2S. The van der Waals surface area contributed by atoms with E-state index in [1.165, 1.54) is 12.3 Å². The van der Waals surface area contributed by atoms with Crippen molar-refractivity contribution in [1.82, 2.24) is 4.98 Å². The van der Waals surface area contributed by atoms with Crippen LogP contribution in [0.3, 0.4) is 0 Å². The number of nitrogens with zero attached hydrogens (tertiary/aromatic N) is 1. The number of hydrogen-bond acceptors (Lipinski definition) is 4. The number of rotatable bonds is 4. The molecule has 1 aromatic carbocycles. The molecule has 0 aliphatic carbocycles. The van der Waals surface area contributed by atoms with Gasteiger partial charge in [0.25, 0.3) is 10.0 Å². The van der Waals surface area contributed by atoms with Crippen LogP contribution in [0, 0.1) is 12.7 Å². The van der Waals surface area contributed by atoms with Crippen LogP contribution < -0.4 is 10.5 Å². The van der Waals surface area contributed by atoms with Crippen LogP contribution in [0.4, 0.5) is 10.1 Å². The maximum absolute atomic E-state index is 14.2. The van der Waals surface area contributed by atoms with E-state index in [9.17, 15) is 12.8 Å². The summed E-state index contributed by atoms with van der Waals surface area (Å²) in [5.41, 5.74) is 6.42. The fourth-order valence-corrected chi connectivity index (χ4v) is 3.27. The van der Waals surface area contributed by atoms with Crippen LogP contribution in [0.25, 0.3) is 0 Å². The first kappa shape index (κ1) is 15.7. The molecule has 0 unspecified atom stereocenters. The van der Waals surface area contributed by atoms with Crippen molar-refractivity contribution < 1.29 is 12.8 Å². The number of anilines is 1. The number of hydrogen-bond donors (Lipinski definition) is 2. The second-order valence-electron chi connectivity index (χ2n) is 4.44. The van der Waals surface area contributed by atoms with Crippen LogP contribution in [0.1, 0.15) is 11.1 Å². The highest BCUT2D eigenvalue weighted by atomic mass is 35.5. The van der Waals surface area contributed by atoms with Gasteiger partial charge in [-0.25, -0.2) is 12.8 Å². The molecular weight excluding hydrogens is 317 g/mol. The molecule has 1 heterocycles. The second-order valence-corrected chi connectivity index (χ2v) is 6.52. The molecule has 3 N–H and O–H groups in total. The molecule has 8 heteroatoms. The van der Waals surface area contributed by atoms with Gasteiger partial charge in [0.05, 0.1) is 11.9 Å². The van der Waals surface area contributed by atoms with Crippen molar-refractivity contribution >= 4 is 27.3 Å². The molecule has 0 bridgehead atoms. The quantitative estimate of drug-likeness (QED) is 0.902. The molecule has 1 aromatic heterocycles. The van der Waals surface area contributed by atoms with Crippen LogP contribution in [-0.4, -0.2) is 13.4 Å². The fraction of sp³-hybridized carbons (Fsp3) is 0.154. The third-order valence-corrected chi connectivity index (χ3v) is 4.31. The van der Waals surface area contributed by atoms with E-state index in [0.717, 1.165) is 11.6 Å². The molecule has 0 spiro atoms. The van der Waals surface area contributed by atoms with Crippen molar-refractivity contribution in [3.63, 3.8) is 0 Å². The summed E-state index contributed by atoms with van der Waals surface area (Å²) in [7, 11) is -4.12. The van der Waals surface area contributed by atoms with E-state index in [4.69, 9.17) is 17.3 Å². The summed E-state index contributed by atoms with van der Waals surface area (Å²) in [4.78, 5) is 3.32. The molecule has 0 aliphatic heterocycles. The molecule has 0 amide bonds. The summed E-state index contributed by atoms with van der Waals surface area (Å²) in [6, 6.07) is 3.92. The number of aryl methyl sites for hydroxylation is 1. The van der Waals surface area contributed by atoms with Crippen LogP contribution >= 0.6 is 11.6 Å². The van der Waals surface area contributed by atoms with Crippen LogP contribution in [-0.2, 0) is 16.6 Å². The minimum absolute atomic E-state index is 0.0326. The Kier molecular flexibility index (Phi) is 4.46. The molecule has 2 aromatic rings. The monoisotopic (exact) mass is 329 g/mol. The summed E-state index contributed by atoms with van der Waals surface area (Å²) in [6.45, 7) is 1.61. The van der Waals surface area contributed by atoms with Crippen LogP contribution in [0.5, 0.6) is 0 Å². The Balaban J connectivity index is 2.47. The zero-order valence-electron chi connectivity index (χ0n) is 11.1. The summed E-state index contributed by atoms with van der Waals surface area (Å²) >= 11 is 5.81. The highest BCUT2D eigenvalue weighted by Gasteiger charge is 2.22. The van der Waals surface area contributed by atoms with Crippen LogP contribution in [0.15, 0.2) is 35.5 Å². The van der Waals surface area contributed by atoms with Crippen molar-refractivity contribution in [1.29, 1.82) is 0 Å². The van der Waals surface area contributed by atoms with E-state index in [-0.39, 0.29) is 22.8 Å². The predicted molar refractivity (Wildman–Crippen MR) is 79.1 cm³/mol. The zero-order chi connectivity index (χ0) is 15.6. The maximum atomic E-state index is 14.2. The number of nitrogens with two attached hydrogens (primary N) is 1. The van der Waals surface area contributed by atoms with Gasteiger partial charge in [0.15, 0.2) is 0 Å². The minimum Gasteiger partial charge on any atom is -0.326 e. The Morgan fingerprint density at radius 2 is 2.05 bits per heavy atom. The molecule has 2 rings (SSSR count). The number of sulfonamides is 1. The molecule has 21 heavy (non-hydrogen) atoms. The molecule has 0 saturated heterocycles. The number of pyridine rings is 1. The molecule has 0 atom stereocenters. The van der Waals surface area contributed by atoms with Gasteiger partial charge in [-0.05, 0) is 30.7 Å². The lowest BCUT2D eigenvalue weighted by molar-refractivity contribution is 0.561. The van der Waals surface area contributed by atoms with Crippen molar-refractivity contribution in [3.05, 3.63) is 52.6 Å². The van der Waals surface area contributed by atoms with E-state index in [2.05, 4.69) is 9.71 Å². The van der Waals surface area contributed by atoms with Gasteiger partial charge in [0.2, 0.25) is 0 Å². The minimum atomic E-state index is -4.12. The van der Waals surface area contributed by atoms with Gasteiger partial charge in [0.1, 0.15) is 10.7 Å². The summed E-state index contributed by atoms with van der Waals surface area (Å²) in [5, 5.41) is 0.0968. The third-order valence-electron chi connectivity index (χ3n) is 2.72. The lowest BCUT2D eigenvalue weighted by atomic mass is 10.2. The Morgan fingerprint density at radius 3 is 2.67 bits per heavy atom. The normalized spacial score (nSPS) is 11.4. The largest absolute Gasteiger partial charge is 0.326 e. The number of benzene rings is 1. The summed E-state index contributed by atoms with van der Waals surface area (Å²) in [5.74, 6) is -0.907. The highest BCUT2D eigenvalue weighted by Crippen LogP contribution is 2.25. The first-order valence-electron chi connectivity index (χ1n) is 5.96. The van der Waals surface area contributed by atoms with E-state index in [1.54, 1.807) is 19.2 Å². The van der Waals surface area contributed by atoms with Crippen molar-refractivity contribution in [3.8, 4) is 0 Å². The van der Waals surface area contributed by atoms with Gasteiger partial charge in [-0.15, -0.1) is 0 Å². The summed E-state index contributed by atoms with van der Waals surface area (Å²) in [6.07, 6.45) is 2.90. The Hall–Kier alpha value is -1.70. The van der Waals surface area contributed by atoms with E-state index in [1.807, 2.05) is 0 Å². The molecule has 0 fully saturated rings. The number of aromatic nitrogens is 1. The van der Waals surface area contributed by atoms with Gasteiger partial charge in [-0.1, -0.05) is 11.6 Å². The third kappa shape index (κ3) is 3.49. The Morgan fingerprint density at radius 1 is 1.33 bits per heavy atom. The molecule has 112 valence electrons. The van der Waals surface area contributed by atoms with Gasteiger partial charge >= 0.3 is 0 Å². The molecule has 0 aliphatic rings. The topological polar surface area (TPSA) is 85.1 Å². The first-order valence-corrected chi connectivity index (χ1v) is 7.82. The first-order chi connectivity index (χ1) is 9.83. The molecule has 0 radical (unpaired) electrons. The maximum Gasteiger partial charge on any atom is 0.264 e. The Labute approximate surface area is 127 Å². The van der Waals surface area contributed by atoms with Gasteiger partial charge in [-0.3, -0.25) is 9.71 Å². The van der Waals surface area contributed by atoms with Gasteiger partial charge in [-0.2, -0.15) is 0 Å². The Bertz CT molecular complexity index is 781. The average molecular weight is 330 g/mol. The van der Waals surface area contributed by atoms with Gasteiger partial charge < -0.3 is 5.73 Å². The predicted octanol–water partition coefficient (Wildman–Crippen LogP) is 2.44. The van der Waals surface area contributed by atoms with Crippen LogP contribution in [0.2, 0.25) is 5.02 Å². The van der Waals surface area contributed by atoms with Crippen molar-refractivity contribution in [2.45, 2.75) is 18.4 Å².